The molecule has 0 fully saturated rings. The zero-order valence-electron chi connectivity index (χ0n) is 7.45. The number of methoxy groups -OCH3 is 1. The Kier molecular flexibility index (Phi) is 2.30. The van der Waals surface area contributed by atoms with Crippen molar-refractivity contribution >= 4 is 24.2 Å². The number of hydrogen-bond donors (Lipinski definition) is 2. The highest BCUT2D eigenvalue weighted by Gasteiger charge is 2.34. The van der Waals surface area contributed by atoms with Gasteiger partial charge in [0.2, 0.25) is 0 Å². The Morgan fingerprint density at radius 2 is 2.36 bits per heavy atom. The number of benzene rings is 1. The van der Waals surface area contributed by atoms with Crippen molar-refractivity contribution in [3.8, 4) is 11.5 Å². The molecule has 1 aromatic carbocycles. The normalized spacial score (nSPS) is 14.4. The number of rotatable bonds is 1. The average Bonchev–Trinajstić information content (AvgIpc) is 2.54. The van der Waals surface area contributed by atoms with E-state index in [1.807, 2.05) is 0 Å². The molecule has 1 heterocycles. The van der Waals surface area contributed by atoms with Gasteiger partial charge in [-0.05, 0) is 0 Å². The van der Waals surface area contributed by atoms with Crippen LogP contribution in [0.4, 0.5) is 0 Å². The quantitative estimate of drug-likeness (QED) is 0.659. The summed E-state index contributed by atoms with van der Waals surface area (Å²) in [6.45, 7) is 0.236. The van der Waals surface area contributed by atoms with E-state index in [1.165, 1.54) is 13.2 Å². The molecule has 2 rings (SSSR count). The highest BCUT2D eigenvalue weighted by molar-refractivity contribution is 6.65. The molecule has 0 radical (unpaired) electrons. The maximum absolute atomic E-state index is 9.43. The number of halogens is 1. The van der Waals surface area contributed by atoms with Gasteiger partial charge >= 0.3 is 7.12 Å². The highest BCUT2D eigenvalue weighted by Crippen LogP contribution is 2.33. The molecule has 0 saturated carbocycles. The Morgan fingerprint density at radius 1 is 1.64 bits per heavy atom. The lowest BCUT2D eigenvalue weighted by Crippen LogP contribution is -2.29. The van der Waals surface area contributed by atoms with E-state index in [4.69, 9.17) is 21.0 Å². The molecule has 0 spiro atoms. The summed E-state index contributed by atoms with van der Waals surface area (Å²) >= 11 is 5.82. The zero-order valence-corrected chi connectivity index (χ0v) is 8.21. The van der Waals surface area contributed by atoms with Gasteiger partial charge in [0.15, 0.2) is 0 Å². The molecule has 0 aromatic heterocycles. The van der Waals surface area contributed by atoms with Gasteiger partial charge in [-0.15, -0.1) is 0 Å². The van der Waals surface area contributed by atoms with Crippen molar-refractivity contribution in [3.05, 3.63) is 16.7 Å². The first-order valence-corrected chi connectivity index (χ1v) is 4.41. The van der Waals surface area contributed by atoms with Gasteiger partial charge in [-0.3, -0.25) is 0 Å². The first-order valence-electron chi connectivity index (χ1n) is 4.03. The van der Waals surface area contributed by atoms with Crippen LogP contribution in [-0.4, -0.2) is 24.4 Å². The van der Waals surface area contributed by atoms with Crippen LogP contribution in [0.5, 0.6) is 11.5 Å². The molecule has 4 nitrogen and oxygen atoms in total. The Hall–Kier alpha value is -0.905. The third kappa shape index (κ3) is 1.25. The number of aromatic hydroxyl groups is 1. The molecule has 0 amide bonds. The van der Waals surface area contributed by atoms with Crippen molar-refractivity contribution in [1.29, 1.82) is 0 Å². The average molecular weight is 214 g/mol. The van der Waals surface area contributed by atoms with Crippen LogP contribution in [0, 0.1) is 0 Å². The Balaban J connectivity index is 2.66. The molecule has 0 bridgehead atoms. The minimum Gasteiger partial charge on any atom is -0.506 e. The van der Waals surface area contributed by atoms with Crippen molar-refractivity contribution in [2.24, 2.45) is 0 Å². The topological polar surface area (TPSA) is 58.9 Å². The van der Waals surface area contributed by atoms with Crippen LogP contribution in [0.25, 0.3) is 0 Å². The van der Waals surface area contributed by atoms with Crippen molar-refractivity contribution in [1.82, 2.24) is 0 Å². The predicted octanol–water partition coefficient (Wildman–Crippen LogP) is 0.272. The highest BCUT2D eigenvalue weighted by atomic mass is 35.5. The Morgan fingerprint density at radius 3 is 3.00 bits per heavy atom. The van der Waals surface area contributed by atoms with Gasteiger partial charge in [0.1, 0.15) is 11.5 Å². The van der Waals surface area contributed by atoms with Crippen LogP contribution < -0.4 is 10.2 Å². The summed E-state index contributed by atoms with van der Waals surface area (Å²) in [5.74, 6) is 0.352. The Labute approximate surface area is 86.2 Å². The second-order valence-electron chi connectivity index (χ2n) is 2.97. The van der Waals surface area contributed by atoms with Crippen molar-refractivity contribution < 1.29 is 19.5 Å². The summed E-state index contributed by atoms with van der Waals surface area (Å²) in [5, 5.41) is 19.0. The van der Waals surface area contributed by atoms with Gasteiger partial charge in [0, 0.05) is 17.1 Å². The lowest BCUT2D eigenvalue weighted by atomic mass is 9.79. The molecule has 0 atom stereocenters. The summed E-state index contributed by atoms with van der Waals surface area (Å²) in [5.41, 5.74) is 1.08. The van der Waals surface area contributed by atoms with E-state index >= 15 is 0 Å². The lowest BCUT2D eigenvalue weighted by molar-refractivity contribution is 0.271. The van der Waals surface area contributed by atoms with Crippen LogP contribution >= 0.6 is 11.6 Å². The van der Waals surface area contributed by atoms with Crippen LogP contribution in [0.15, 0.2) is 6.07 Å². The van der Waals surface area contributed by atoms with Crippen LogP contribution in [0.3, 0.4) is 0 Å². The molecule has 1 aromatic rings. The first-order chi connectivity index (χ1) is 6.65. The van der Waals surface area contributed by atoms with E-state index in [0.29, 0.717) is 16.8 Å². The van der Waals surface area contributed by atoms with Gasteiger partial charge in [-0.2, -0.15) is 0 Å². The second-order valence-corrected chi connectivity index (χ2v) is 3.35. The van der Waals surface area contributed by atoms with E-state index in [0.717, 1.165) is 0 Å². The van der Waals surface area contributed by atoms with Gasteiger partial charge in [0.05, 0.1) is 18.7 Å². The van der Waals surface area contributed by atoms with Gasteiger partial charge in [-0.1, -0.05) is 11.6 Å². The molecule has 74 valence electrons. The van der Waals surface area contributed by atoms with E-state index in [-0.39, 0.29) is 17.4 Å². The fraction of sp³-hybridized carbons (Fsp3) is 0.250. The molecule has 2 N–H and O–H groups in total. The molecule has 0 aliphatic carbocycles. The van der Waals surface area contributed by atoms with Gasteiger partial charge in [-0.25, -0.2) is 0 Å². The maximum atomic E-state index is 9.43. The van der Waals surface area contributed by atoms with Crippen molar-refractivity contribution in [2.45, 2.75) is 6.61 Å². The SMILES string of the molecule is COc1cc(O)c(Cl)c2c1COB2O. The number of ether oxygens (including phenoxy) is 1. The fourth-order valence-corrected chi connectivity index (χ4v) is 1.77. The van der Waals surface area contributed by atoms with Crippen LogP contribution in [0.2, 0.25) is 5.02 Å². The fourth-order valence-electron chi connectivity index (χ4n) is 1.51. The number of hydrogen-bond acceptors (Lipinski definition) is 4. The number of fused-ring (bicyclic) bond motifs is 1. The first kappa shape index (κ1) is 9.64. The number of phenols is 1. The minimum atomic E-state index is -1.08. The van der Waals surface area contributed by atoms with E-state index in [1.54, 1.807) is 0 Å². The number of phenolic OH excluding ortho intramolecular Hbond substituents is 1. The minimum absolute atomic E-state index is 0.116. The van der Waals surface area contributed by atoms with E-state index in [2.05, 4.69) is 0 Å². The summed E-state index contributed by atoms with van der Waals surface area (Å²) < 4.78 is 10.0. The molecular formula is C8H8BClO4. The van der Waals surface area contributed by atoms with Gasteiger partial charge in [0.25, 0.3) is 0 Å². The largest absolute Gasteiger partial charge is 0.506 e. The predicted molar refractivity (Wildman–Crippen MR) is 52.1 cm³/mol. The third-order valence-corrected chi connectivity index (χ3v) is 2.60. The van der Waals surface area contributed by atoms with Crippen molar-refractivity contribution in [2.75, 3.05) is 7.11 Å². The summed E-state index contributed by atoms with van der Waals surface area (Å²) in [7, 11) is 0.395. The second kappa shape index (κ2) is 3.35. The van der Waals surface area contributed by atoms with E-state index in [9.17, 15) is 10.1 Å². The summed E-state index contributed by atoms with van der Waals surface area (Å²) in [4.78, 5) is 0. The van der Waals surface area contributed by atoms with Crippen LogP contribution in [0.1, 0.15) is 5.56 Å². The van der Waals surface area contributed by atoms with Gasteiger partial charge < -0.3 is 19.5 Å². The Bertz CT molecular complexity index is 382. The maximum Gasteiger partial charge on any atom is 0.493 e. The summed E-state index contributed by atoms with van der Waals surface area (Å²) in [6, 6.07) is 1.41. The van der Waals surface area contributed by atoms with E-state index < -0.39 is 7.12 Å². The molecule has 6 heteroatoms. The molecule has 0 saturated heterocycles. The lowest BCUT2D eigenvalue weighted by Gasteiger charge is -2.09. The zero-order chi connectivity index (χ0) is 10.3. The molecular weight excluding hydrogens is 206 g/mol. The smallest absolute Gasteiger partial charge is 0.493 e. The third-order valence-electron chi connectivity index (χ3n) is 2.20. The molecule has 1 aliphatic heterocycles. The van der Waals surface area contributed by atoms with Crippen molar-refractivity contribution in [3.63, 3.8) is 0 Å². The van der Waals surface area contributed by atoms with Crippen LogP contribution in [-0.2, 0) is 11.3 Å². The molecule has 0 unspecified atom stereocenters. The standard InChI is InChI=1S/C8H8BClO4/c1-13-6-2-5(11)8(10)7-4(6)3-14-9(7)12/h2,11-12H,3H2,1H3. The molecule has 14 heavy (non-hydrogen) atoms. The molecule has 1 aliphatic rings. The summed E-state index contributed by atoms with van der Waals surface area (Å²) in [6.07, 6.45) is 0. The monoisotopic (exact) mass is 214 g/mol.